The van der Waals surface area contributed by atoms with E-state index in [-0.39, 0.29) is 23.0 Å². The minimum absolute atomic E-state index is 0.186. The number of hydrogen-bond donors (Lipinski definition) is 2. The Morgan fingerprint density at radius 1 is 0.397 bits per heavy atom. The van der Waals surface area contributed by atoms with Crippen molar-refractivity contribution in [3.8, 4) is 23.0 Å². The van der Waals surface area contributed by atoms with Crippen molar-refractivity contribution in [3.05, 3.63) is 128 Å². The second kappa shape index (κ2) is 33.3. The van der Waals surface area contributed by atoms with Crippen molar-refractivity contribution >= 4 is 0 Å². The van der Waals surface area contributed by atoms with Crippen molar-refractivity contribution in [3.63, 3.8) is 0 Å². The van der Waals surface area contributed by atoms with Gasteiger partial charge in [0, 0.05) is 11.1 Å². The first-order valence-corrected chi connectivity index (χ1v) is 24.0. The summed E-state index contributed by atoms with van der Waals surface area (Å²) < 4.78 is 32.3. The lowest BCUT2D eigenvalue weighted by Gasteiger charge is -2.17. The van der Waals surface area contributed by atoms with Gasteiger partial charge in [-0.05, 0) is 205 Å². The maximum Gasteiger partial charge on any atom is 0.207 e. The Balaban J connectivity index is 2.36. The standard InChI is InChI=1S/C59H92O4/c1-44(2)24-15-25-45(3)26-16-27-46(4)28-17-29-47(5)30-18-31-48(6)32-19-33-49(7)34-20-35-50(8)36-21-37-51(9)38-22-39-52(10)40-23-41-53(11)42-43-55-54(12)56(60)58(62-13)59(63-14)57(55)61/h24,26,28,30,32,34,36,38,40,42,60-61H,15-23,25,27,29,31,33,35,37,39,41,43H2,1-14H3/b45-26+,46-28+,47-30+,48-32+,49-34+,50-36+,51-38+,52-40+,53-42+/i13D3. The average molecular weight is 868 g/mol. The maximum atomic E-state index is 10.8. The van der Waals surface area contributed by atoms with Crippen LogP contribution in [0, 0.1) is 6.92 Å². The van der Waals surface area contributed by atoms with Gasteiger partial charge in [0.2, 0.25) is 11.5 Å². The third kappa shape index (κ3) is 26.3. The van der Waals surface area contributed by atoms with E-state index < -0.39 is 7.04 Å². The Morgan fingerprint density at radius 2 is 0.651 bits per heavy atom. The van der Waals surface area contributed by atoms with Crippen molar-refractivity contribution in [2.75, 3.05) is 14.1 Å². The fourth-order valence-corrected chi connectivity index (χ4v) is 7.53. The van der Waals surface area contributed by atoms with Crippen LogP contribution in [-0.2, 0) is 6.42 Å². The highest BCUT2D eigenvalue weighted by atomic mass is 16.5. The first-order valence-electron chi connectivity index (χ1n) is 25.5. The molecular weight excluding hydrogens is 773 g/mol. The molecule has 0 aromatic heterocycles. The molecular formula is C59H92O4. The summed E-state index contributed by atoms with van der Waals surface area (Å²) in [6.45, 7) is 26.2. The molecule has 0 amide bonds. The molecule has 0 aliphatic rings. The smallest absolute Gasteiger partial charge is 0.207 e. The lowest BCUT2D eigenvalue weighted by Crippen LogP contribution is -1.98. The van der Waals surface area contributed by atoms with Crippen LogP contribution in [0.1, 0.15) is 207 Å². The SMILES string of the molecule is [2H]C([2H])([2H])Oc1c(O)c(C)c(C/C=C(\C)CC/C=C(\C)CC/C=C(\C)CC/C=C(\C)CC/C=C(\C)CC/C=C(\C)CC/C=C(\C)CC/C=C(\C)CC/C=C(\C)CCC=C(C)C)c(O)c1OC. The van der Waals surface area contributed by atoms with Crippen LogP contribution >= 0.6 is 0 Å². The first kappa shape index (κ1) is 51.5. The molecule has 0 bridgehead atoms. The van der Waals surface area contributed by atoms with Crippen molar-refractivity contribution in [1.29, 1.82) is 0 Å². The molecule has 0 saturated heterocycles. The van der Waals surface area contributed by atoms with E-state index >= 15 is 0 Å². The van der Waals surface area contributed by atoms with Crippen LogP contribution in [0.4, 0.5) is 0 Å². The molecule has 4 nitrogen and oxygen atoms in total. The number of aromatic hydroxyl groups is 2. The summed E-state index contributed by atoms with van der Waals surface area (Å²) in [5.41, 5.74) is 15.3. The zero-order valence-corrected chi connectivity index (χ0v) is 42.4. The molecule has 0 spiro atoms. The Hall–Kier alpha value is -4.18. The molecule has 1 aromatic rings. The zero-order chi connectivity index (χ0) is 49.7. The van der Waals surface area contributed by atoms with Gasteiger partial charge < -0.3 is 19.7 Å². The topological polar surface area (TPSA) is 58.9 Å². The van der Waals surface area contributed by atoms with E-state index in [1.165, 1.54) is 70.1 Å². The summed E-state index contributed by atoms with van der Waals surface area (Å²) in [5.74, 6) is -1.14. The molecule has 0 radical (unpaired) electrons. The van der Waals surface area contributed by atoms with E-state index in [2.05, 4.69) is 131 Å². The molecule has 4 heteroatoms. The molecule has 0 aliphatic heterocycles. The maximum absolute atomic E-state index is 10.8. The summed E-state index contributed by atoms with van der Waals surface area (Å²) >= 11 is 0. The minimum Gasteiger partial charge on any atom is -0.504 e. The van der Waals surface area contributed by atoms with Crippen molar-refractivity contribution in [2.45, 2.75) is 205 Å². The van der Waals surface area contributed by atoms with Crippen LogP contribution in [0.3, 0.4) is 0 Å². The van der Waals surface area contributed by atoms with E-state index in [9.17, 15) is 10.2 Å². The normalized spacial score (nSPS) is 15.1. The second-order valence-corrected chi connectivity index (χ2v) is 18.6. The predicted octanol–water partition coefficient (Wildman–Crippen LogP) is 18.5. The molecule has 0 heterocycles. The number of hydrogen-bond acceptors (Lipinski definition) is 4. The number of rotatable bonds is 31. The lowest BCUT2D eigenvalue weighted by atomic mass is 9.99. The molecule has 0 atom stereocenters. The van der Waals surface area contributed by atoms with Gasteiger partial charge in [-0.3, -0.25) is 0 Å². The Kier molecular flexibility index (Phi) is 27.2. The fourth-order valence-electron chi connectivity index (χ4n) is 7.53. The van der Waals surface area contributed by atoms with Gasteiger partial charge in [0.15, 0.2) is 11.5 Å². The third-order valence-corrected chi connectivity index (χ3v) is 12.0. The third-order valence-electron chi connectivity index (χ3n) is 12.0. The highest BCUT2D eigenvalue weighted by Crippen LogP contribution is 2.48. The van der Waals surface area contributed by atoms with Crippen LogP contribution in [0.25, 0.3) is 0 Å². The molecule has 0 fully saturated rings. The summed E-state index contributed by atoms with van der Waals surface area (Å²) in [4.78, 5) is 0. The van der Waals surface area contributed by atoms with Gasteiger partial charge >= 0.3 is 0 Å². The van der Waals surface area contributed by atoms with Crippen LogP contribution in [0.2, 0.25) is 0 Å². The Labute approximate surface area is 392 Å². The average Bonchev–Trinajstić information content (AvgIpc) is 3.22. The van der Waals surface area contributed by atoms with Gasteiger partial charge in [0.1, 0.15) is 0 Å². The van der Waals surface area contributed by atoms with E-state index in [1.807, 2.05) is 6.08 Å². The van der Waals surface area contributed by atoms with Gasteiger partial charge in [-0.15, -0.1) is 0 Å². The largest absolute Gasteiger partial charge is 0.504 e. The molecule has 1 rings (SSSR count). The van der Waals surface area contributed by atoms with E-state index in [0.29, 0.717) is 17.5 Å². The molecule has 2 N–H and O–H groups in total. The van der Waals surface area contributed by atoms with E-state index in [1.54, 1.807) is 6.92 Å². The predicted molar refractivity (Wildman–Crippen MR) is 278 cm³/mol. The van der Waals surface area contributed by atoms with E-state index in [4.69, 9.17) is 13.6 Å². The minimum atomic E-state index is -2.80. The van der Waals surface area contributed by atoms with Crippen LogP contribution in [0.5, 0.6) is 23.0 Å². The van der Waals surface area contributed by atoms with Crippen LogP contribution in [-0.4, -0.2) is 24.4 Å². The van der Waals surface area contributed by atoms with Gasteiger partial charge in [0.05, 0.1) is 18.3 Å². The molecule has 352 valence electrons. The lowest BCUT2D eigenvalue weighted by molar-refractivity contribution is 0.314. The quantitative estimate of drug-likeness (QED) is 0.0577. The number of benzene rings is 1. The van der Waals surface area contributed by atoms with Gasteiger partial charge in [-0.2, -0.15) is 0 Å². The van der Waals surface area contributed by atoms with Gasteiger partial charge in [-0.1, -0.05) is 116 Å². The van der Waals surface area contributed by atoms with Gasteiger partial charge in [0.25, 0.3) is 0 Å². The fraction of sp³-hybridized carbons (Fsp3) is 0.559. The van der Waals surface area contributed by atoms with Crippen LogP contribution in [0.15, 0.2) is 116 Å². The van der Waals surface area contributed by atoms with Crippen molar-refractivity contribution in [2.24, 2.45) is 0 Å². The molecule has 0 unspecified atom stereocenters. The van der Waals surface area contributed by atoms with Crippen LogP contribution < -0.4 is 9.47 Å². The number of methoxy groups -OCH3 is 2. The number of ether oxygens (including phenoxy) is 2. The van der Waals surface area contributed by atoms with Crippen molar-refractivity contribution < 1.29 is 23.8 Å². The zero-order valence-electron chi connectivity index (χ0n) is 45.4. The summed E-state index contributed by atoms with van der Waals surface area (Å²) in [6, 6.07) is 0. The molecule has 1 aromatic carbocycles. The number of allylic oxidation sites excluding steroid dienone is 20. The highest BCUT2D eigenvalue weighted by Gasteiger charge is 2.22. The monoisotopic (exact) mass is 868 g/mol. The molecule has 0 aliphatic carbocycles. The second-order valence-electron chi connectivity index (χ2n) is 18.6. The van der Waals surface area contributed by atoms with Crippen molar-refractivity contribution in [1.82, 2.24) is 0 Å². The Morgan fingerprint density at radius 3 is 0.905 bits per heavy atom. The summed E-state index contributed by atoms with van der Waals surface area (Å²) in [6.07, 6.45) is 43.9. The summed E-state index contributed by atoms with van der Waals surface area (Å²) in [7, 11) is -1.50. The van der Waals surface area contributed by atoms with E-state index in [0.717, 1.165) is 108 Å². The first-order chi connectivity index (χ1) is 31.1. The molecule has 0 saturated carbocycles. The number of phenols is 2. The Bertz CT molecular complexity index is 1950. The number of phenolic OH excluding ortho intramolecular Hbond substituents is 2. The highest BCUT2D eigenvalue weighted by molar-refractivity contribution is 5.66. The summed E-state index contributed by atoms with van der Waals surface area (Å²) in [5, 5.41) is 21.5. The molecule has 63 heavy (non-hydrogen) atoms. The van der Waals surface area contributed by atoms with Gasteiger partial charge in [-0.25, -0.2) is 0 Å².